The monoisotopic (exact) mass is 341 g/mol. The lowest BCUT2D eigenvalue weighted by molar-refractivity contribution is 0.0313. The van der Waals surface area contributed by atoms with Crippen molar-refractivity contribution in [3.05, 3.63) is 0 Å². The van der Waals surface area contributed by atoms with E-state index in [9.17, 15) is 4.79 Å². The van der Waals surface area contributed by atoms with Crippen molar-refractivity contribution in [2.45, 2.75) is 44.7 Å². The molecule has 0 aromatic carbocycles. The van der Waals surface area contributed by atoms with Gasteiger partial charge in [0.1, 0.15) is 0 Å². The maximum absolute atomic E-state index is 11.8. The summed E-state index contributed by atoms with van der Waals surface area (Å²) in [6.07, 6.45) is 5.24. The van der Waals surface area contributed by atoms with E-state index in [1.54, 1.807) is 0 Å². The van der Waals surface area contributed by atoms with Gasteiger partial charge in [-0.2, -0.15) is 11.8 Å². The van der Waals surface area contributed by atoms with Crippen molar-refractivity contribution in [1.29, 1.82) is 0 Å². The molecular formula is C17H31N3O2S. The Balaban J connectivity index is 1.47. The van der Waals surface area contributed by atoms with Crippen LogP contribution in [0.15, 0.2) is 0 Å². The standard InChI is InChI=1S/C17H31N3O2S/c1-2-22-17(21)19-10-8-18(9-11-19)16-4-3-7-20(14-16)15-5-12-23-13-6-15/h15-16H,2-14H2,1H3. The van der Waals surface area contributed by atoms with Gasteiger partial charge in [0.05, 0.1) is 6.61 Å². The van der Waals surface area contributed by atoms with Crippen LogP contribution in [0.3, 0.4) is 0 Å². The van der Waals surface area contributed by atoms with Crippen molar-refractivity contribution in [2.24, 2.45) is 0 Å². The van der Waals surface area contributed by atoms with Gasteiger partial charge >= 0.3 is 6.09 Å². The second-order valence-electron chi connectivity index (χ2n) is 6.86. The fourth-order valence-corrected chi connectivity index (χ4v) is 5.23. The number of piperidine rings is 1. The van der Waals surface area contributed by atoms with Gasteiger partial charge in [-0.15, -0.1) is 0 Å². The summed E-state index contributed by atoms with van der Waals surface area (Å²) in [7, 11) is 0. The van der Waals surface area contributed by atoms with Gasteiger partial charge in [0.25, 0.3) is 0 Å². The van der Waals surface area contributed by atoms with E-state index in [1.807, 2.05) is 11.8 Å². The lowest BCUT2D eigenvalue weighted by atomic mass is 9.99. The Morgan fingerprint density at radius 1 is 1.00 bits per heavy atom. The second-order valence-corrected chi connectivity index (χ2v) is 8.08. The lowest BCUT2D eigenvalue weighted by Gasteiger charge is -2.45. The first-order valence-corrected chi connectivity index (χ1v) is 10.4. The van der Waals surface area contributed by atoms with Crippen molar-refractivity contribution in [2.75, 3.05) is 57.4 Å². The van der Waals surface area contributed by atoms with Crippen LogP contribution < -0.4 is 0 Å². The summed E-state index contributed by atoms with van der Waals surface area (Å²) < 4.78 is 5.12. The molecule has 1 amide bonds. The van der Waals surface area contributed by atoms with Gasteiger partial charge in [-0.25, -0.2) is 4.79 Å². The molecule has 3 aliphatic rings. The largest absolute Gasteiger partial charge is 0.450 e. The van der Waals surface area contributed by atoms with Gasteiger partial charge in [-0.05, 0) is 50.7 Å². The number of amides is 1. The van der Waals surface area contributed by atoms with Gasteiger partial charge in [0.15, 0.2) is 0 Å². The Bertz CT molecular complexity index is 382. The molecule has 1 atom stereocenters. The molecule has 0 aliphatic carbocycles. The Morgan fingerprint density at radius 3 is 2.43 bits per heavy atom. The molecular weight excluding hydrogens is 310 g/mol. The number of ether oxygens (including phenoxy) is 1. The molecule has 132 valence electrons. The fourth-order valence-electron chi connectivity index (χ4n) is 4.15. The molecule has 1 unspecified atom stereocenters. The summed E-state index contributed by atoms with van der Waals surface area (Å²) >= 11 is 2.11. The summed E-state index contributed by atoms with van der Waals surface area (Å²) in [5.74, 6) is 2.67. The van der Waals surface area contributed by atoms with E-state index in [0.717, 1.165) is 32.2 Å². The van der Waals surface area contributed by atoms with E-state index in [-0.39, 0.29) is 6.09 Å². The average molecular weight is 342 g/mol. The van der Waals surface area contributed by atoms with Crippen LogP contribution in [0, 0.1) is 0 Å². The highest BCUT2D eigenvalue weighted by Gasteiger charge is 2.32. The van der Waals surface area contributed by atoms with E-state index in [0.29, 0.717) is 12.6 Å². The molecule has 23 heavy (non-hydrogen) atoms. The van der Waals surface area contributed by atoms with Crippen LogP contribution in [-0.4, -0.2) is 90.3 Å². The number of thioether (sulfide) groups is 1. The molecule has 0 aromatic rings. The van der Waals surface area contributed by atoms with Crippen LogP contribution in [0.1, 0.15) is 32.6 Å². The first-order chi connectivity index (χ1) is 11.3. The smallest absolute Gasteiger partial charge is 0.409 e. The molecule has 5 nitrogen and oxygen atoms in total. The maximum Gasteiger partial charge on any atom is 0.409 e. The minimum atomic E-state index is -0.142. The maximum atomic E-state index is 11.8. The Hall–Kier alpha value is -0.460. The minimum absolute atomic E-state index is 0.142. The molecule has 0 N–H and O–H groups in total. The molecule has 0 bridgehead atoms. The number of rotatable bonds is 3. The van der Waals surface area contributed by atoms with Crippen LogP contribution >= 0.6 is 11.8 Å². The molecule has 0 aromatic heterocycles. The predicted molar refractivity (Wildman–Crippen MR) is 95.1 cm³/mol. The third-order valence-corrected chi connectivity index (χ3v) is 6.54. The fraction of sp³-hybridized carbons (Fsp3) is 0.941. The quantitative estimate of drug-likeness (QED) is 0.786. The van der Waals surface area contributed by atoms with Crippen LogP contribution in [0.5, 0.6) is 0 Å². The van der Waals surface area contributed by atoms with Crippen molar-refractivity contribution < 1.29 is 9.53 Å². The summed E-state index contributed by atoms with van der Waals surface area (Å²) in [6.45, 7) is 8.48. The SMILES string of the molecule is CCOC(=O)N1CCN(C2CCCN(C3CCSCC3)C2)CC1. The summed E-state index contributed by atoms with van der Waals surface area (Å²) in [4.78, 5) is 19.0. The average Bonchev–Trinajstić information content (AvgIpc) is 2.63. The Labute approximate surface area is 144 Å². The van der Waals surface area contributed by atoms with Crippen LogP contribution in [0.2, 0.25) is 0 Å². The van der Waals surface area contributed by atoms with Crippen molar-refractivity contribution in [3.63, 3.8) is 0 Å². The van der Waals surface area contributed by atoms with E-state index in [2.05, 4.69) is 21.6 Å². The summed E-state index contributed by atoms with van der Waals surface area (Å²) in [5.41, 5.74) is 0. The predicted octanol–water partition coefficient (Wildman–Crippen LogP) is 2.12. The van der Waals surface area contributed by atoms with Gasteiger partial charge in [-0.3, -0.25) is 9.80 Å². The van der Waals surface area contributed by atoms with E-state index < -0.39 is 0 Å². The zero-order valence-electron chi connectivity index (χ0n) is 14.4. The van der Waals surface area contributed by atoms with E-state index in [1.165, 1.54) is 50.3 Å². The van der Waals surface area contributed by atoms with Crippen LogP contribution in [-0.2, 0) is 4.74 Å². The van der Waals surface area contributed by atoms with Crippen LogP contribution in [0.25, 0.3) is 0 Å². The Morgan fingerprint density at radius 2 is 1.74 bits per heavy atom. The van der Waals surface area contributed by atoms with Gasteiger partial charge in [-0.1, -0.05) is 0 Å². The highest BCUT2D eigenvalue weighted by molar-refractivity contribution is 7.99. The number of likely N-dealkylation sites (tertiary alicyclic amines) is 1. The first kappa shape index (κ1) is 17.4. The van der Waals surface area contributed by atoms with Crippen molar-refractivity contribution in [3.8, 4) is 0 Å². The molecule has 3 aliphatic heterocycles. The molecule has 3 saturated heterocycles. The topological polar surface area (TPSA) is 36.0 Å². The number of nitrogens with zero attached hydrogens (tertiary/aromatic N) is 3. The number of hydrogen-bond donors (Lipinski definition) is 0. The molecule has 6 heteroatoms. The first-order valence-electron chi connectivity index (χ1n) is 9.25. The molecule has 0 saturated carbocycles. The van der Waals surface area contributed by atoms with Gasteiger partial charge in [0.2, 0.25) is 0 Å². The van der Waals surface area contributed by atoms with Gasteiger partial charge in [0, 0.05) is 44.8 Å². The number of piperazine rings is 1. The third kappa shape index (κ3) is 4.54. The molecule has 0 spiro atoms. The lowest BCUT2D eigenvalue weighted by Crippen LogP contribution is -2.57. The second kappa shape index (κ2) is 8.58. The third-order valence-electron chi connectivity index (χ3n) is 5.49. The summed E-state index contributed by atoms with van der Waals surface area (Å²) in [5, 5.41) is 0. The van der Waals surface area contributed by atoms with Crippen molar-refractivity contribution >= 4 is 17.9 Å². The zero-order chi connectivity index (χ0) is 16.1. The van der Waals surface area contributed by atoms with Gasteiger partial charge < -0.3 is 9.64 Å². The number of hydrogen-bond acceptors (Lipinski definition) is 5. The zero-order valence-corrected chi connectivity index (χ0v) is 15.2. The molecule has 3 fully saturated rings. The Kier molecular flexibility index (Phi) is 6.48. The molecule has 0 radical (unpaired) electrons. The number of carbonyl (C=O) groups is 1. The normalized spacial score (nSPS) is 28.7. The van der Waals surface area contributed by atoms with E-state index in [4.69, 9.17) is 4.74 Å². The molecule has 3 heterocycles. The highest BCUT2D eigenvalue weighted by atomic mass is 32.2. The molecule has 3 rings (SSSR count). The highest BCUT2D eigenvalue weighted by Crippen LogP contribution is 2.26. The summed E-state index contributed by atoms with van der Waals surface area (Å²) in [6, 6.07) is 1.50. The minimum Gasteiger partial charge on any atom is -0.450 e. The van der Waals surface area contributed by atoms with E-state index >= 15 is 0 Å². The number of carbonyl (C=O) groups excluding carboxylic acids is 1. The van der Waals surface area contributed by atoms with Crippen LogP contribution in [0.4, 0.5) is 4.79 Å². The van der Waals surface area contributed by atoms with Crippen molar-refractivity contribution in [1.82, 2.24) is 14.7 Å².